The van der Waals surface area contributed by atoms with E-state index in [1.54, 1.807) is 36.4 Å². The summed E-state index contributed by atoms with van der Waals surface area (Å²) in [4.78, 5) is 11.4. The van der Waals surface area contributed by atoms with Crippen molar-refractivity contribution < 1.29 is 17.6 Å². The third-order valence-corrected chi connectivity index (χ3v) is 6.38. The van der Waals surface area contributed by atoms with Crippen LogP contribution in [-0.4, -0.2) is 20.0 Å². The molecule has 0 amide bonds. The monoisotopic (exact) mass is 318 g/mol. The molecule has 0 saturated heterocycles. The molecule has 0 aromatic heterocycles. The summed E-state index contributed by atoms with van der Waals surface area (Å²) in [5.41, 5.74) is 1.65. The highest BCUT2D eigenvalue weighted by Crippen LogP contribution is 2.52. The summed E-state index contributed by atoms with van der Waals surface area (Å²) in [6.45, 7) is 1.88. The number of carbonyl (C=O) groups excluding carboxylic acids is 1. The smallest absolute Gasteiger partial charge is 0.182 e. The maximum absolute atomic E-state index is 13.0. The Morgan fingerprint density at radius 1 is 1.00 bits per heavy atom. The molecule has 3 rings (SSSR count). The lowest BCUT2D eigenvalue weighted by molar-refractivity contribution is -0.108. The Bertz CT molecular complexity index is 795. The highest BCUT2D eigenvalue weighted by Gasteiger charge is 2.58. The largest absolute Gasteiger partial charge is 0.303 e. The second kappa shape index (κ2) is 5.32. The van der Waals surface area contributed by atoms with Crippen molar-refractivity contribution in [3.05, 3.63) is 65.5 Å². The molecule has 0 aliphatic heterocycles. The van der Waals surface area contributed by atoms with E-state index in [1.165, 1.54) is 12.1 Å². The van der Waals surface area contributed by atoms with Crippen LogP contribution < -0.4 is 0 Å². The number of carbonyl (C=O) groups is 1. The molecule has 1 aliphatic rings. The third-order valence-electron chi connectivity index (χ3n) is 4.13. The van der Waals surface area contributed by atoms with Gasteiger partial charge in [-0.25, -0.2) is 12.8 Å². The van der Waals surface area contributed by atoms with Crippen LogP contribution in [0.4, 0.5) is 4.39 Å². The molecule has 2 aromatic carbocycles. The molecule has 114 valence electrons. The molecule has 5 heteroatoms. The summed E-state index contributed by atoms with van der Waals surface area (Å²) in [5, 5.41) is -0.766. The number of hydrogen-bond acceptors (Lipinski definition) is 3. The van der Waals surface area contributed by atoms with E-state index in [2.05, 4.69) is 0 Å². The fourth-order valence-corrected chi connectivity index (χ4v) is 4.96. The van der Waals surface area contributed by atoms with Crippen LogP contribution in [-0.2, 0) is 14.6 Å². The minimum absolute atomic E-state index is 0.222. The predicted molar refractivity (Wildman–Crippen MR) is 80.8 cm³/mol. The van der Waals surface area contributed by atoms with Gasteiger partial charge in [-0.3, -0.25) is 0 Å². The third kappa shape index (κ3) is 2.46. The van der Waals surface area contributed by atoms with Gasteiger partial charge in [-0.2, -0.15) is 0 Å². The van der Waals surface area contributed by atoms with Gasteiger partial charge in [0.05, 0.1) is 10.1 Å². The number of hydrogen-bond donors (Lipinski definition) is 0. The van der Waals surface area contributed by atoms with Gasteiger partial charge in [-0.05, 0) is 36.8 Å². The van der Waals surface area contributed by atoms with Crippen LogP contribution in [0.25, 0.3) is 0 Å². The highest BCUT2D eigenvalue weighted by molar-refractivity contribution is 7.92. The molecule has 0 bridgehead atoms. The van der Waals surface area contributed by atoms with Crippen molar-refractivity contribution in [2.75, 3.05) is 0 Å². The van der Waals surface area contributed by atoms with Crippen LogP contribution in [0, 0.1) is 18.7 Å². The van der Waals surface area contributed by atoms with Gasteiger partial charge in [-0.1, -0.05) is 29.8 Å². The molecule has 0 radical (unpaired) electrons. The van der Waals surface area contributed by atoms with Crippen molar-refractivity contribution in [1.82, 2.24) is 0 Å². The van der Waals surface area contributed by atoms with Gasteiger partial charge in [-0.15, -0.1) is 0 Å². The van der Waals surface area contributed by atoms with Crippen molar-refractivity contribution in [1.29, 1.82) is 0 Å². The number of halogens is 1. The first kappa shape index (κ1) is 14.9. The van der Waals surface area contributed by atoms with Crippen molar-refractivity contribution >= 4 is 16.1 Å². The van der Waals surface area contributed by atoms with E-state index in [0.717, 1.165) is 5.56 Å². The lowest BCUT2D eigenvalue weighted by Crippen LogP contribution is -2.11. The fourth-order valence-electron chi connectivity index (χ4n) is 2.85. The topological polar surface area (TPSA) is 51.2 Å². The standard InChI is InChI=1S/C17H15FO3S/c1-11-2-8-14(9-3-11)22(20,21)17-15(10-19)16(17)12-4-6-13(18)7-5-12/h2-10,15-17H,1H3/t15-,16+,17-/m1/s1. The summed E-state index contributed by atoms with van der Waals surface area (Å²) < 4.78 is 38.4. The first-order valence-corrected chi connectivity index (χ1v) is 8.51. The molecule has 0 N–H and O–H groups in total. The van der Waals surface area contributed by atoms with Crippen molar-refractivity contribution in [2.45, 2.75) is 23.0 Å². The quantitative estimate of drug-likeness (QED) is 0.815. The first-order chi connectivity index (χ1) is 10.4. The number of aryl methyl sites for hydroxylation is 1. The molecule has 2 aromatic rings. The maximum Gasteiger partial charge on any atom is 0.182 e. The maximum atomic E-state index is 13.0. The summed E-state index contributed by atoms with van der Waals surface area (Å²) >= 11 is 0. The minimum Gasteiger partial charge on any atom is -0.303 e. The van der Waals surface area contributed by atoms with Crippen molar-refractivity contribution in [3.8, 4) is 0 Å². The van der Waals surface area contributed by atoms with Crippen LogP contribution in [0.15, 0.2) is 53.4 Å². The zero-order chi connectivity index (χ0) is 15.9. The molecule has 1 saturated carbocycles. The molecule has 0 unspecified atom stereocenters. The number of aldehydes is 1. The second-order valence-corrected chi connectivity index (χ2v) is 7.72. The molecule has 0 spiro atoms. The highest BCUT2D eigenvalue weighted by atomic mass is 32.2. The molecule has 3 nitrogen and oxygen atoms in total. The molecule has 1 fully saturated rings. The average Bonchev–Trinajstić information content (AvgIpc) is 3.24. The van der Waals surface area contributed by atoms with E-state index < -0.39 is 26.9 Å². The Kier molecular flexibility index (Phi) is 3.60. The Labute approximate surface area is 128 Å². The van der Waals surface area contributed by atoms with Crippen LogP contribution in [0.3, 0.4) is 0 Å². The lowest BCUT2D eigenvalue weighted by Gasteiger charge is -2.05. The summed E-state index contributed by atoms with van der Waals surface area (Å²) in [7, 11) is -3.58. The van der Waals surface area contributed by atoms with Gasteiger partial charge in [0.15, 0.2) is 9.84 Å². The first-order valence-electron chi connectivity index (χ1n) is 6.96. The van der Waals surface area contributed by atoms with Gasteiger partial charge < -0.3 is 4.79 Å². The van der Waals surface area contributed by atoms with Crippen LogP contribution in [0.2, 0.25) is 0 Å². The van der Waals surface area contributed by atoms with Crippen LogP contribution >= 0.6 is 0 Å². The predicted octanol–water partition coefficient (Wildman–Crippen LogP) is 2.89. The summed E-state index contributed by atoms with van der Waals surface area (Å²) in [5.74, 6) is -1.36. The van der Waals surface area contributed by atoms with Gasteiger partial charge in [0.2, 0.25) is 0 Å². The Morgan fingerprint density at radius 2 is 1.59 bits per heavy atom. The zero-order valence-electron chi connectivity index (χ0n) is 11.9. The van der Waals surface area contributed by atoms with E-state index in [1.807, 2.05) is 6.92 Å². The van der Waals surface area contributed by atoms with Crippen molar-refractivity contribution in [2.24, 2.45) is 5.92 Å². The fraction of sp³-hybridized carbons (Fsp3) is 0.235. The summed E-state index contributed by atoms with van der Waals surface area (Å²) in [6, 6.07) is 12.2. The van der Waals surface area contributed by atoms with E-state index in [-0.39, 0.29) is 10.7 Å². The molecule has 3 atom stereocenters. The zero-order valence-corrected chi connectivity index (χ0v) is 12.8. The van der Waals surface area contributed by atoms with E-state index in [4.69, 9.17) is 0 Å². The van der Waals surface area contributed by atoms with Gasteiger partial charge >= 0.3 is 0 Å². The van der Waals surface area contributed by atoms with E-state index >= 15 is 0 Å². The lowest BCUT2D eigenvalue weighted by atomic mass is 10.1. The second-order valence-electron chi connectivity index (χ2n) is 5.61. The molecular formula is C17H15FO3S. The minimum atomic E-state index is -3.58. The number of rotatable bonds is 4. The number of benzene rings is 2. The molecular weight excluding hydrogens is 303 g/mol. The Morgan fingerprint density at radius 3 is 2.14 bits per heavy atom. The molecule has 0 heterocycles. The van der Waals surface area contributed by atoms with Crippen LogP contribution in [0.1, 0.15) is 17.0 Å². The van der Waals surface area contributed by atoms with Crippen molar-refractivity contribution in [3.63, 3.8) is 0 Å². The van der Waals surface area contributed by atoms with E-state index in [0.29, 0.717) is 11.8 Å². The number of sulfone groups is 1. The summed E-state index contributed by atoms with van der Waals surface area (Å²) in [6.07, 6.45) is 0.685. The Balaban J connectivity index is 1.95. The average molecular weight is 318 g/mol. The Hall–Kier alpha value is -2.01. The van der Waals surface area contributed by atoms with Gasteiger partial charge in [0.25, 0.3) is 0 Å². The van der Waals surface area contributed by atoms with Gasteiger partial charge in [0, 0.05) is 11.8 Å². The normalized spacial score (nSPS) is 24.0. The van der Waals surface area contributed by atoms with Crippen LogP contribution in [0.5, 0.6) is 0 Å². The molecule has 22 heavy (non-hydrogen) atoms. The molecule has 1 aliphatic carbocycles. The van der Waals surface area contributed by atoms with E-state index in [9.17, 15) is 17.6 Å². The SMILES string of the molecule is Cc1ccc(S(=O)(=O)[C@@H]2[C@H](C=O)[C@@H]2c2ccc(F)cc2)cc1. The van der Waals surface area contributed by atoms with Gasteiger partial charge in [0.1, 0.15) is 12.1 Å².